The molecule has 28 heavy (non-hydrogen) atoms. The molecule has 0 saturated carbocycles. The Morgan fingerprint density at radius 2 is 1.86 bits per heavy atom. The van der Waals surface area contributed by atoms with E-state index in [1.54, 1.807) is 10.9 Å². The second-order valence-electron chi connectivity index (χ2n) is 7.20. The largest absolute Gasteiger partial charge is 0.438 e. The van der Waals surface area contributed by atoms with Gasteiger partial charge in [-0.1, -0.05) is 43.6 Å². The van der Waals surface area contributed by atoms with Crippen LogP contribution in [-0.2, 0) is 0 Å². The predicted molar refractivity (Wildman–Crippen MR) is 112 cm³/mol. The van der Waals surface area contributed by atoms with Gasteiger partial charge in [-0.15, -0.1) is 0 Å². The predicted octanol–water partition coefficient (Wildman–Crippen LogP) is 6.00. The molecule has 6 heteroatoms. The Labute approximate surface area is 169 Å². The lowest BCUT2D eigenvalue weighted by Crippen LogP contribution is -2.00. The summed E-state index contributed by atoms with van der Waals surface area (Å²) in [4.78, 5) is 8.77. The number of hydrogen-bond donors (Lipinski definition) is 0. The Kier molecular flexibility index (Phi) is 4.77. The van der Waals surface area contributed by atoms with Gasteiger partial charge in [0.25, 0.3) is 0 Å². The van der Waals surface area contributed by atoms with E-state index < -0.39 is 0 Å². The summed E-state index contributed by atoms with van der Waals surface area (Å²) in [5, 5.41) is 5.92. The van der Waals surface area contributed by atoms with Crippen molar-refractivity contribution >= 4 is 22.6 Å². The summed E-state index contributed by atoms with van der Waals surface area (Å²) in [6, 6.07) is 12.0. The standard InChI is InChI=1S/C22H21ClN4O/c1-13(2)17-8-5-14(3)9-20(17)28-22-18-11-26-27(21(18)24-12-25-22)16-7-6-15(4)19(23)10-16/h5-13H,1-4H3. The molecular weight excluding hydrogens is 372 g/mol. The minimum absolute atomic E-state index is 0.338. The maximum Gasteiger partial charge on any atom is 0.233 e. The highest BCUT2D eigenvalue weighted by atomic mass is 35.5. The lowest BCUT2D eigenvalue weighted by molar-refractivity contribution is 0.459. The first-order valence-electron chi connectivity index (χ1n) is 9.17. The molecule has 0 N–H and O–H groups in total. The van der Waals surface area contributed by atoms with Crippen molar-refractivity contribution in [2.24, 2.45) is 0 Å². The molecule has 0 fully saturated rings. The number of aromatic nitrogens is 4. The first-order chi connectivity index (χ1) is 13.4. The molecule has 0 radical (unpaired) electrons. The topological polar surface area (TPSA) is 52.8 Å². The van der Waals surface area contributed by atoms with Gasteiger partial charge in [0, 0.05) is 5.02 Å². The van der Waals surface area contributed by atoms with Crippen molar-refractivity contribution in [2.75, 3.05) is 0 Å². The SMILES string of the molecule is Cc1ccc(C(C)C)c(Oc2ncnc3c2cnn3-c2ccc(C)c(Cl)c2)c1. The van der Waals surface area contributed by atoms with Crippen molar-refractivity contribution in [1.29, 1.82) is 0 Å². The molecule has 0 bridgehead atoms. The van der Waals surface area contributed by atoms with E-state index in [1.807, 2.05) is 38.1 Å². The third kappa shape index (κ3) is 3.34. The summed E-state index contributed by atoms with van der Waals surface area (Å²) < 4.78 is 7.97. The highest BCUT2D eigenvalue weighted by Crippen LogP contribution is 2.33. The molecule has 0 saturated heterocycles. The molecule has 0 atom stereocenters. The quantitative estimate of drug-likeness (QED) is 0.427. The average Bonchev–Trinajstić information content (AvgIpc) is 3.09. The van der Waals surface area contributed by atoms with Gasteiger partial charge in [-0.3, -0.25) is 0 Å². The van der Waals surface area contributed by atoms with E-state index in [0.29, 0.717) is 22.5 Å². The van der Waals surface area contributed by atoms with E-state index in [2.05, 4.69) is 41.0 Å². The minimum atomic E-state index is 0.338. The zero-order chi connectivity index (χ0) is 19.8. The molecule has 2 aromatic carbocycles. The number of ether oxygens (including phenoxy) is 1. The van der Waals surface area contributed by atoms with Crippen LogP contribution in [0, 0.1) is 13.8 Å². The van der Waals surface area contributed by atoms with Crippen molar-refractivity contribution in [3.63, 3.8) is 0 Å². The van der Waals surface area contributed by atoms with Gasteiger partial charge in [0.15, 0.2) is 5.65 Å². The molecule has 0 spiro atoms. The normalized spacial score (nSPS) is 11.4. The molecule has 0 amide bonds. The maximum absolute atomic E-state index is 6.28. The molecule has 2 heterocycles. The molecule has 2 aromatic heterocycles. The number of fused-ring (bicyclic) bond motifs is 1. The fraction of sp³-hybridized carbons (Fsp3) is 0.227. The van der Waals surface area contributed by atoms with Gasteiger partial charge in [-0.25, -0.2) is 14.6 Å². The van der Waals surface area contributed by atoms with Crippen LogP contribution < -0.4 is 4.74 Å². The Bertz CT molecular complexity index is 1170. The lowest BCUT2D eigenvalue weighted by atomic mass is 10.0. The van der Waals surface area contributed by atoms with Crippen molar-refractivity contribution in [3.8, 4) is 17.3 Å². The first kappa shape index (κ1) is 18.4. The summed E-state index contributed by atoms with van der Waals surface area (Å²) >= 11 is 6.28. The van der Waals surface area contributed by atoms with Crippen molar-refractivity contribution < 1.29 is 4.74 Å². The number of hydrogen-bond acceptors (Lipinski definition) is 4. The second-order valence-corrected chi connectivity index (χ2v) is 7.61. The minimum Gasteiger partial charge on any atom is -0.438 e. The number of benzene rings is 2. The zero-order valence-corrected chi connectivity index (χ0v) is 17.0. The van der Waals surface area contributed by atoms with E-state index in [0.717, 1.165) is 33.5 Å². The summed E-state index contributed by atoms with van der Waals surface area (Å²) in [6.07, 6.45) is 3.22. The monoisotopic (exact) mass is 392 g/mol. The van der Waals surface area contributed by atoms with E-state index >= 15 is 0 Å². The highest BCUT2D eigenvalue weighted by Gasteiger charge is 2.16. The molecule has 0 aliphatic rings. The zero-order valence-electron chi connectivity index (χ0n) is 16.3. The third-order valence-electron chi connectivity index (χ3n) is 4.73. The van der Waals surface area contributed by atoms with Crippen LogP contribution in [0.15, 0.2) is 48.9 Å². The molecule has 4 rings (SSSR count). The van der Waals surface area contributed by atoms with Crippen molar-refractivity contribution in [1.82, 2.24) is 19.7 Å². The fourth-order valence-electron chi connectivity index (χ4n) is 3.12. The van der Waals surface area contributed by atoms with Gasteiger partial charge in [-0.05, 0) is 54.7 Å². The Morgan fingerprint density at radius 3 is 2.61 bits per heavy atom. The highest BCUT2D eigenvalue weighted by molar-refractivity contribution is 6.31. The van der Waals surface area contributed by atoms with Crippen LogP contribution in [0.1, 0.15) is 36.5 Å². The summed E-state index contributed by atoms with van der Waals surface area (Å²) in [5.74, 6) is 1.63. The summed E-state index contributed by atoms with van der Waals surface area (Å²) in [6.45, 7) is 8.31. The lowest BCUT2D eigenvalue weighted by Gasteiger charge is -2.14. The average molecular weight is 393 g/mol. The van der Waals surface area contributed by atoms with Crippen LogP contribution in [0.25, 0.3) is 16.7 Å². The van der Waals surface area contributed by atoms with Crippen molar-refractivity contribution in [2.45, 2.75) is 33.6 Å². The van der Waals surface area contributed by atoms with E-state index in [-0.39, 0.29) is 0 Å². The van der Waals surface area contributed by atoms with Gasteiger partial charge < -0.3 is 4.74 Å². The molecule has 4 aromatic rings. The summed E-state index contributed by atoms with van der Waals surface area (Å²) in [5.41, 5.74) is 4.79. The van der Waals surface area contributed by atoms with Gasteiger partial charge in [-0.2, -0.15) is 5.10 Å². The Balaban J connectivity index is 1.80. The third-order valence-corrected chi connectivity index (χ3v) is 5.13. The first-order valence-corrected chi connectivity index (χ1v) is 9.55. The van der Waals surface area contributed by atoms with Crippen molar-refractivity contribution in [3.05, 3.63) is 70.6 Å². The summed E-state index contributed by atoms with van der Waals surface area (Å²) in [7, 11) is 0. The number of halogens is 1. The van der Waals surface area contributed by atoms with Crippen LogP contribution in [0.3, 0.4) is 0 Å². The number of nitrogens with zero attached hydrogens (tertiary/aromatic N) is 4. The van der Waals surface area contributed by atoms with Crippen LogP contribution in [0.5, 0.6) is 11.6 Å². The molecule has 0 aliphatic carbocycles. The van der Waals surface area contributed by atoms with Gasteiger partial charge >= 0.3 is 0 Å². The van der Waals surface area contributed by atoms with Crippen LogP contribution >= 0.6 is 11.6 Å². The smallest absolute Gasteiger partial charge is 0.233 e. The molecule has 142 valence electrons. The van der Waals surface area contributed by atoms with E-state index in [1.165, 1.54) is 6.33 Å². The number of rotatable bonds is 4. The molecule has 5 nitrogen and oxygen atoms in total. The van der Waals surface area contributed by atoms with Gasteiger partial charge in [0.1, 0.15) is 17.5 Å². The van der Waals surface area contributed by atoms with Crippen LogP contribution in [0.4, 0.5) is 0 Å². The van der Waals surface area contributed by atoms with Crippen LogP contribution in [0.2, 0.25) is 5.02 Å². The second kappa shape index (κ2) is 7.24. The maximum atomic E-state index is 6.28. The molecular formula is C22H21ClN4O. The Morgan fingerprint density at radius 1 is 1.04 bits per heavy atom. The molecule has 0 unspecified atom stereocenters. The van der Waals surface area contributed by atoms with Gasteiger partial charge in [0.05, 0.1) is 11.9 Å². The van der Waals surface area contributed by atoms with E-state index in [9.17, 15) is 0 Å². The fourth-order valence-corrected chi connectivity index (χ4v) is 3.29. The Hall–Kier alpha value is -2.92. The van der Waals surface area contributed by atoms with Crippen LogP contribution in [-0.4, -0.2) is 19.7 Å². The number of aryl methyl sites for hydroxylation is 2. The van der Waals surface area contributed by atoms with E-state index in [4.69, 9.17) is 16.3 Å². The molecule has 0 aliphatic heterocycles. The van der Waals surface area contributed by atoms with Gasteiger partial charge in [0.2, 0.25) is 5.88 Å².